The molecule has 1 saturated carbocycles. The van der Waals surface area contributed by atoms with Gasteiger partial charge in [-0.15, -0.1) is 0 Å². The molecule has 3 aliphatic rings. The number of rotatable bonds is 3. The highest BCUT2D eigenvalue weighted by Crippen LogP contribution is 2.44. The summed E-state index contributed by atoms with van der Waals surface area (Å²) in [6.07, 6.45) is 9.04. The van der Waals surface area contributed by atoms with Crippen molar-refractivity contribution in [2.24, 2.45) is 0 Å². The van der Waals surface area contributed by atoms with Crippen LogP contribution in [0, 0.1) is 6.92 Å². The van der Waals surface area contributed by atoms with Crippen molar-refractivity contribution >= 4 is 11.7 Å². The Labute approximate surface area is 162 Å². The number of amides is 1. The number of likely N-dealkylation sites (tertiary alicyclic amines) is 1. The Kier molecular flexibility index (Phi) is 4.91. The SMILES string of the molecule is CCN(C)C1CN(C(=O)c2oc3c(c2C)C(=O)CCC3)C2(CCCCC2)C1. The van der Waals surface area contributed by atoms with Gasteiger partial charge in [0.2, 0.25) is 0 Å². The molecule has 0 radical (unpaired) electrons. The van der Waals surface area contributed by atoms with Crippen LogP contribution in [0.5, 0.6) is 0 Å². The molecule has 148 valence electrons. The highest BCUT2D eigenvalue weighted by atomic mass is 16.4. The summed E-state index contributed by atoms with van der Waals surface area (Å²) in [5.41, 5.74) is 1.41. The second-order valence-corrected chi connectivity index (χ2v) is 8.76. The fourth-order valence-corrected chi connectivity index (χ4v) is 5.53. The lowest BCUT2D eigenvalue weighted by Gasteiger charge is -2.41. The molecule has 2 aliphatic carbocycles. The molecule has 0 bridgehead atoms. The summed E-state index contributed by atoms with van der Waals surface area (Å²) >= 11 is 0. The van der Waals surface area contributed by atoms with E-state index in [0.29, 0.717) is 23.8 Å². The van der Waals surface area contributed by atoms with Crippen LogP contribution in [-0.4, -0.2) is 53.2 Å². The van der Waals surface area contributed by atoms with E-state index in [2.05, 4.69) is 23.8 Å². The Morgan fingerprint density at radius 3 is 2.63 bits per heavy atom. The van der Waals surface area contributed by atoms with Crippen LogP contribution in [0.1, 0.15) is 90.5 Å². The van der Waals surface area contributed by atoms with Crippen LogP contribution < -0.4 is 0 Å². The smallest absolute Gasteiger partial charge is 0.290 e. The van der Waals surface area contributed by atoms with Crippen molar-refractivity contribution in [2.75, 3.05) is 20.1 Å². The van der Waals surface area contributed by atoms with Crippen molar-refractivity contribution in [3.05, 3.63) is 22.6 Å². The van der Waals surface area contributed by atoms with Gasteiger partial charge >= 0.3 is 0 Å². The molecule has 2 heterocycles. The standard InChI is InChI=1S/C22H32N2O3/c1-4-23(3)16-13-22(11-6-5-7-12-22)24(14-16)21(26)20-15(2)19-17(25)9-8-10-18(19)27-20/h16H,4-14H2,1-3H3. The number of likely N-dealkylation sites (N-methyl/N-ethyl adjacent to an activating group) is 1. The summed E-state index contributed by atoms with van der Waals surface area (Å²) < 4.78 is 6.01. The molecule has 1 atom stereocenters. The van der Waals surface area contributed by atoms with E-state index in [1.54, 1.807) is 0 Å². The molecule has 1 aliphatic heterocycles. The number of carbonyl (C=O) groups excluding carboxylic acids is 2. The Hall–Kier alpha value is -1.62. The minimum absolute atomic E-state index is 0.00334. The van der Waals surface area contributed by atoms with E-state index >= 15 is 0 Å². The van der Waals surface area contributed by atoms with Crippen LogP contribution in [0.3, 0.4) is 0 Å². The van der Waals surface area contributed by atoms with Crippen molar-refractivity contribution in [1.29, 1.82) is 0 Å². The monoisotopic (exact) mass is 372 g/mol. The average molecular weight is 373 g/mol. The number of ketones is 1. The van der Waals surface area contributed by atoms with Crippen LogP contribution in [0.25, 0.3) is 0 Å². The predicted octanol–water partition coefficient (Wildman–Crippen LogP) is 3.98. The maximum absolute atomic E-state index is 13.6. The van der Waals surface area contributed by atoms with E-state index in [1.165, 1.54) is 19.3 Å². The molecule has 1 aromatic heterocycles. The second-order valence-electron chi connectivity index (χ2n) is 8.76. The first-order chi connectivity index (χ1) is 13.0. The number of fused-ring (bicyclic) bond motifs is 1. The minimum atomic E-state index is -0.0345. The van der Waals surface area contributed by atoms with Crippen LogP contribution in [0.4, 0.5) is 0 Å². The molecule has 5 nitrogen and oxygen atoms in total. The first-order valence-corrected chi connectivity index (χ1v) is 10.6. The fraction of sp³-hybridized carbons (Fsp3) is 0.727. The van der Waals surface area contributed by atoms with Gasteiger partial charge in [-0.25, -0.2) is 0 Å². The summed E-state index contributed by atoms with van der Waals surface area (Å²) in [5, 5.41) is 0. The van der Waals surface area contributed by atoms with Crippen LogP contribution in [0.15, 0.2) is 4.42 Å². The molecular weight excluding hydrogens is 340 g/mol. The number of hydrogen-bond donors (Lipinski definition) is 0. The lowest BCUT2D eigenvalue weighted by Crippen LogP contribution is -2.48. The normalized spacial score (nSPS) is 24.7. The summed E-state index contributed by atoms with van der Waals surface area (Å²) in [6, 6.07) is 0.406. The molecule has 1 aromatic rings. The average Bonchev–Trinajstić information content (AvgIpc) is 3.20. The summed E-state index contributed by atoms with van der Waals surface area (Å²) in [5.74, 6) is 1.28. The molecular formula is C22H32N2O3. The van der Waals surface area contributed by atoms with Gasteiger partial charge in [-0.3, -0.25) is 9.59 Å². The second kappa shape index (κ2) is 7.08. The number of hydrogen-bond acceptors (Lipinski definition) is 4. The molecule has 5 heteroatoms. The van der Waals surface area contributed by atoms with E-state index in [9.17, 15) is 9.59 Å². The molecule has 2 fully saturated rings. The van der Waals surface area contributed by atoms with Gasteiger partial charge in [0, 0.05) is 36.5 Å². The summed E-state index contributed by atoms with van der Waals surface area (Å²) in [6.45, 7) is 5.82. The van der Waals surface area contributed by atoms with Crippen LogP contribution >= 0.6 is 0 Å². The zero-order valence-corrected chi connectivity index (χ0v) is 17.0. The summed E-state index contributed by atoms with van der Waals surface area (Å²) in [4.78, 5) is 30.5. The molecule has 0 N–H and O–H groups in total. The summed E-state index contributed by atoms with van der Waals surface area (Å²) in [7, 11) is 2.16. The Bertz CT molecular complexity index is 745. The van der Waals surface area contributed by atoms with Crippen LogP contribution in [0.2, 0.25) is 0 Å². The van der Waals surface area contributed by atoms with Gasteiger partial charge < -0.3 is 14.2 Å². The lowest BCUT2D eigenvalue weighted by molar-refractivity contribution is 0.0465. The van der Waals surface area contributed by atoms with Crippen molar-refractivity contribution < 1.29 is 14.0 Å². The third kappa shape index (κ3) is 3.04. The van der Waals surface area contributed by atoms with Gasteiger partial charge in [0.25, 0.3) is 5.91 Å². The molecule has 27 heavy (non-hydrogen) atoms. The number of aryl methyl sites for hydroxylation is 1. The Morgan fingerprint density at radius 2 is 1.96 bits per heavy atom. The molecule has 1 spiro atoms. The van der Waals surface area contributed by atoms with Gasteiger partial charge in [-0.05, 0) is 46.2 Å². The van der Waals surface area contributed by atoms with Crippen molar-refractivity contribution in [3.8, 4) is 0 Å². The van der Waals surface area contributed by atoms with E-state index in [4.69, 9.17) is 4.42 Å². The quantitative estimate of drug-likeness (QED) is 0.805. The molecule has 1 saturated heterocycles. The van der Waals surface area contributed by atoms with E-state index in [1.807, 2.05) is 6.92 Å². The Morgan fingerprint density at radius 1 is 1.22 bits per heavy atom. The maximum atomic E-state index is 13.6. The molecule has 1 unspecified atom stereocenters. The topological polar surface area (TPSA) is 53.8 Å². The first kappa shape index (κ1) is 18.7. The van der Waals surface area contributed by atoms with E-state index in [0.717, 1.165) is 56.5 Å². The largest absolute Gasteiger partial charge is 0.455 e. The first-order valence-electron chi connectivity index (χ1n) is 10.6. The highest BCUT2D eigenvalue weighted by molar-refractivity contribution is 6.03. The van der Waals surface area contributed by atoms with Gasteiger partial charge in [0.05, 0.1) is 5.56 Å². The maximum Gasteiger partial charge on any atom is 0.290 e. The zero-order valence-electron chi connectivity index (χ0n) is 17.0. The van der Waals surface area contributed by atoms with E-state index < -0.39 is 0 Å². The predicted molar refractivity (Wildman–Crippen MR) is 104 cm³/mol. The third-order valence-electron chi connectivity index (χ3n) is 7.23. The number of furan rings is 1. The number of Topliss-reactive ketones (excluding diaryl/α,β-unsaturated/α-hetero) is 1. The highest BCUT2D eigenvalue weighted by Gasteiger charge is 2.50. The van der Waals surface area contributed by atoms with Gasteiger partial charge in [0.1, 0.15) is 5.76 Å². The van der Waals surface area contributed by atoms with Gasteiger partial charge in [0.15, 0.2) is 11.5 Å². The Balaban J connectivity index is 1.68. The van der Waals surface area contributed by atoms with E-state index in [-0.39, 0.29) is 17.2 Å². The minimum Gasteiger partial charge on any atom is -0.455 e. The zero-order chi connectivity index (χ0) is 19.2. The number of nitrogens with zero attached hydrogens (tertiary/aromatic N) is 2. The van der Waals surface area contributed by atoms with Crippen molar-refractivity contribution in [1.82, 2.24) is 9.80 Å². The van der Waals surface area contributed by atoms with Gasteiger partial charge in [-0.1, -0.05) is 26.2 Å². The number of carbonyl (C=O) groups is 2. The van der Waals surface area contributed by atoms with Gasteiger partial charge in [-0.2, -0.15) is 0 Å². The third-order valence-corrected chi connectivity index (χ3v) is 7.23. The van der Waals surface area contributed by atoms with Crippen LogP contribution in [-0.2, 0) is 6.42 Å². The van der Waals surface area contributed by atoms with Crippen molar-refractivity contribution in [3.63, 3.8) is 0 Å². The van der Waals surface area contributed by atoms with Crippen molar-refractivity contribution in [2.45, 2.75) is 83.2 Å². The molecule has 0 aromatic carbocycles. The molecule has 4 rings (SSSR count). The fourth-order valence-electron chi connectivity index (χ4n) is 5.53. The lowest BCUT2D eigenvalue weighted by atomic mass is 9.79. The molecule has 1 amide bonds.